The quantitative estimate of drug-likeness (QED) is 0.335. The van der Waals surface area contributed by atoms with E-state index in [9.17, 15) is 19.2 Å². The molecule has 0 aliphatic rings. The number of carbonyl (C=O) groups excluding carboxylic acids is 1. The molecule has 0 bridgehead atoms. The Labute approximate surface area is 125 Å². The molecule has 3 unspecified atom stereocenters. The van der Waals surface area contributed by atoms with E-state index in [0.29, 0.717) is 6.61 Å². The first kappa shape index (κ1) is 20.2. The summed E-state index contributed by atoms with van der Waals surface area (Å²) in [7, 11) is -3.23. The van der Waals surface area contributed by atoms with Crippen LogP contribution in [-0.4, -0.2) is 60.9 Å². The van der Waals surface area contributed by atoms with Crippen molar-refractivity contribution in [1.82, 2.24) is 5.32 Å². The van der Waals surface area contributed by atoms with Crippen LogP contribution >= 0.6 is 0 Å². The first-order chi connectivity index (χ1) is 9.57. The SMILES string of the molecule is CCOC(C)OC(C)(OC)OC(=O)NC(CC)[Si](O)(O)O. The Balaban J connectivity index is 4.63. The lowest BCUT2D eigenvalue weighted by Gasteiger charge is -2.31. The van der Waals surface area contributed by atoms with Crippen molar-refractivity contribution in [2.45, 2.75) is 52.0 Å². The largest absolute Gasteiger partial charge is 0.516 e. The highest BCUT2D eigenvalue weighted by molar-refractivity contribution is 6.58. The number of amides is 1. The number of alkyl carbamates (subject to hydrolysis) is 1. The average Bonchev–Trinajstić information content (AvgIpc) is 2.34. The second-order valence-corrected chi connectivity index (χ2v) is 6.46. The molecule has 0 saturated carbocycles. The lowest BCUT2D eigenvalue weighted by atomic mass is 10.5. The minimum Gasteiger partial charge on any atom is -0.391 e. The number of rotatable bonds is 9. The maximum Gasteiger partial charge on any atom is 0.516 e. The van der Waals surface area contributed by atoms with Crippen LogP contribution in [0.3, 0.4) is 0 Å². The Morgan fingerprint density at radius 2 is 1.90 bits per heavy atom. The fourth-order valence-corrected chi connectivity index (χ4v) is 2.36. The average molecular weight is 327 g/mol. The minimum absolute atomic E-state index is 0.116. The van der Waals surface area contributed by atoms with Crippen molar-refractivity contribution >= 4 is 14.9 Å². The highest BCUT2D eigenvalue weighted by Gasteiger charge is 2.41. The molecule has 0 saturated heterocycles. The van der Waals surface area contributed by atoms with Crippen LogP contribution in [-0.2, 0) is 18.9 Å². The summed E-state index contributed by atoms with van der Waals surface area (Å²) in [5.41, 5.74) is -1.20. The zero-order valence-electron chi connectivity index (χ0n) is 13.0. The van der Waals surface area contributed by atoms with Crippen molar-refractivity contribution in [3.05, 3.63) is 0 Å². The molecule has 126 valence electrons. The van der Waals surface area contributed by atoms with Gasteiger partial charge in [0.15, 0.2) is 6.29 Å². The Morgan fingerprint density at radius 1 is 1.33 bits per heavy atom. The van der Waals surface area contributed by atoms with E-state index < -0.39 is 32.8 Å². The molecule has 0 aromatic carbocycles. The molecule has 0 rings (SSSR count). The predicted octanol–water partition coefficient (Wildman–Crippen LogP) is -0.335. The van der Waals surface area contributed by atoms with Gasteiger partial charge < -0.3 is 33.9 Å². The minimum atomic E-state index is -4.50. The van der Waals surface area contributed by atoms with Crippen molar-refractivity contribution in [3.8, 4) is 0 Å². The summed E-state index contributed by atoms with van der Waals surface area (Å²) in [4.78, 5) is 39.3. The monoisotopic (exact) mass is 327 g/mol. The maximum atomic E-state index is 11.7. The lowest BCUT2D eigenvalue weighted by Crippen LogP contribution is -2.58. The number of nitrogens with one attached hydrogen (secondary N) is 1. The van der Waals surface area contributed by atoms with Crippen molar-refractivity contribution in [2.75, 3.05) is 13.7 Å². The van der Waals surface area contributed by atoms with Gasteiger partial charge in [-0.1, -0.05) is 6.92 Å². The Bertz CT molecular complexity index is 324. The summed E-state index contributed by atoms with van der Waals surface area (Å²) in [5.74, 6) is -1.72. The zero-order chi connectivity index (χ0) is 16.7. The Hall–Kier alpha value is -0.753. The van der Waals surface area contributed by atoms with Crippen LogP contribution in [0.4, 0.5) is 4.79 Å². The summed E-state index contributed by atoms with van der Waals surface area (Å²) in [5, 5.41) is 2.15. The molecular weight excluding hydrogens is 302 g/mol. The number of carbonyl (C=O) groups is 1. The Kier molecular flexibility index (Phi) is 8.32. The van der Waals surface area contributed by atoms with E-state index in [0.717, 1.165) is 0 Å². The Morgan fingerprint density at radius 3 is 2.29 bits per heavy atom. The smallest absolute Gasteiger partial charge is 0.391 e. The van der Waals surface area contributed by atoms with Gasteiger partial charge in [0, 0.05) is 20.6 Å². The summed E-state index contributed by atoms with van der Waals surface area (Å²) < 4.78 is 20.4. The summed E-state index contributed by atoms with van der Waals surface area (Å²) in [6.45, 7) is 6.70. The fraction of sp³-hybridized carbons (Fsp3) is 0.909. The molecule has 0 radical (unpaired) electrons. The third-order valence-corrected chi connectivity index (χ3v) is 4.09. The van der Waals surface area contributed by atoms with Crippen molar-refractivity contribution in [2.24, 2.45) is 0 Å². The number of hydrogen-bond donors (Lipinski definition) is 4. The molecule has 0 aliphatic heterocycles. The van der Waals surface area contributed by atoms with E-state index in [1.54, 1.807) is 20.8 Å². The van der Waals surface area contributed by atoms with Gasteiger partial charge in [0.05, 0.1) is 0 Å². The third-order valence-electron chi connectivity index (χ3n) is 2.60. The van der Waals surface area contributed by atoms with Crippen LogP contribution in [0, 0.1) is 0 Å². The zero-order valence-corrected chi connectivity index (χ0v) is 14.0. The van der Waals surface area contributed by atoms with E-state index in [4.69, 9.17) is 18.9 Å². The summed E-state index contributed by atoms with van der Waals surface area (Å²) >= 11 is 0. The van der Waals surface area contributed by atoms with Crippen LogP contribution in [0.1, 0.15) is 34.1 Å². The molecule has 9 nitrogen and oxygen atoms in total. The molecule has 3 atom stereocenters. The van der Waals surface area contributed by atoms with Crippen molar-refractivity contribution in [3.63, 3.8) is 0 Å². The summed E-state index contributed by atoms with van der Waals surface area (Å²) in [6, 6.07) is 0. The van der Waals surface area contributed by atoms with Gasteiger partial charge in [-0.3, -0.25) is 4.74 Å². The van der Waals surface area contributed by atoms with Gasteiger partial charge in [0.25, 0.3) is 0 Å². The third kappa shape index (κ3) is 7.71. The first-order valence-electron chi connectivity index (χ1n) is 6.59. The molecule has 1 amide bonds. The molecule has 0 aromatic heterocycles. The highest BCUT2D eigenvalue weighted by atomic mass is 28.4. The maximum absolute atomic E-state index is 11.7. The molecule has 0 aliphatic carbocycles. The van der Waals surface area contributed by atoms with Crippen molar-refractivity contribution in [1.29, 1.82) is 0 Å². The lowest BCUT2D eigenvalue weighted by molar-refractivity contribution is -0.378. The second kappa shape index (κ2) is 8.63. The van der Waals surface area contributed by atoms with Gasteiger partial charge in [0.2, 0.25) is 0 Å². The molecule has 4 N–H and O–H groups in total. The van der Waals surface area contributed by atoms with E-state index in [1.807, 2.05) is 0 Å². The first-order valence-corrected chi connectivity index (χ1v) is 8.51. The van der Waals surface area contributed by atoms with Gasteiger partial charge >= 0.3 is 20.9 Å². The summed E-state index contributed by atoms with van der Waals surface area (Å²) in [6.07, 6.45) is -1.59. The molecule has 0 spiro atoms. The molecule has 0 fully saturated rings. The molecular formula is C11H25NO8Si. The van der Waals surface area contributed by atoms with E-state index in [2.05, 4.69) is 5.32 Å². The molecule has 0 heterocycles. The normalized spacial score (nSPS) is 17.7. The van der Waals surface area contributed by atoms with Crippen LogP contribution in [0.5, 0.6) is 0 Å². The van der Waals surface area contributed by atoms with Crippen LogP contribution in [0.2, 0.25) is 0 Å². The predicted molar refractivity (Wildman–Crippen MR) is 73.7 cm³/mol. The fourth-order valence-electron chi connectivity index (χ4n) is 1.50. The molecule has 10 heteroatoms. The van der Waals surface area contributed by atoms with Gasteiger partial charge in [-0.2, -0.15) is 0 Å². The van der Waals surface area contributed by atoms with Gasteiger partial charge in [-0.15, -0.1) is 0 Å². The standard InChI is InChI=1S/C11H25NO8Si/c1-6-9(21(14,15)16)12-10(13)20-11(4,17-5)19-8(3)18-7-2/h8-9,14-16H,6-7H2,1-5H3,(H,12,13). The van der Waals surface area contributed by atoms with Gasteiger partial charge in [-0.25, -0.2) is 4.79 Å². The highest BCUT2D eigenvalue weighted by Crippen LogP contribution is 2.17. The van der Waals surface area contributed by atoms with E-state index in [-0.39, 0.29) is 6.42 Å². The molecule has 21 heavy (non-hydrogen) atoms. The topological polar surface area (TPSA) is 127 Å². The van der Waals surface area contributed by atoms with Crippen molar-refractivity contribution < 1.29 is 38.1 Å². The molecule has 0 aromatic rings. The second-order valence-electron chi connectivity index (χ2n) is 4.39. The van der Waals surface area contributed by atoms with Crippen LogP contribution < -0.4 is 5.32 Å². The van der Waals surface area contributed by atoms with E-state index >= 15 is 0 Å². The van der Waals surface area contributed by atoms with E-state index in [1.165, 1.54) is 14.0 Å². The number of hydrogen-bond acceptors (Lipinski definition) is 8. The number of ether oxygens (including phenoxy) is 4. The number of methoxy groups -OCH3 is 1. The van der Waals surface area contributed by atoms with Gasteiger partial charge in [-0.05, 0) is 20.3 Å². The van der Waals surface area contributed by atoms with Crippen LogP contribution in [0.25, 0.3) is 0 Å². The van der Waals surface area contributed by atoms with Gasteiger partial charge in [0.1, 0.15) is 5.67 Å². The van der Waals surface area contributed by atoms with Crippen LogP contribution in [0.15, 0.2) is 0 Å².